The standard InChI is InChI=1S/C21H21N3O8/c25-21(14-4-5-18(19(10-14)24(28)29)22-6-2-1-3-7-22)31-12-16-9-17(23(26)27)8-15-11-30-13-32-20(15)16/h4-5,8-10H,1-3,6-7,11-13H2. The van der Waals surface area contributed by atoms with E-state index >= 15 is 0 Å². The first-order valence-electron chi connectivity index (χ1n) is 10.2. The normalized spacial score (nSPS) is 15.4. The fourth-order valence-corrected chi connectivity index (χ4v) is 3.92. The lowest BCUT2D eigenvalue weighted by atomic mass is 10.1. The first kappa shape index (κ1) is 21.5. The number of piperidine rings is 1. The van der Waals surface area contributed by atoms with Gasteiger partial charge in [-0.05, 0) is 31.4 Å². The zero-order valence-corrected chi connectivity index (χ0v) is 17.2. The summed E-state index contributed by atoms with van der Waals surface area (Å²) in [5.74, 6) is -0.397. The summed E-state index contributed by atoms with van der Waals surface area (Å²) < 4.78 is 15.9. The highest BCUT2D eigenvalue weighted by molar-refractivity contribution is 5.91. The van der Waals surface area contributed by atoms with E-state index in [2.05, 4.69) is 0 Å². The maximum Gasteiger partial charge on any atom is 0.338 e. The van der Waals surface area contributed by atoms with Crippen molar-refractivity contribution < 1.29 is 28.9 Å². The van der Waals surface area contributed by atoms with Crippen LogP contribution in [0.3, 0.4) is 0 Å². The van der Waals surface area contributed by atoms with Crippen molar-refractivity contribution in [3.63, 3.8) is 0 Å². The van der Waals surface area contributed by atoms with Crippen molar-refractivity contribution >= 4 is 23.0 Å². The number of carbonyl (C=O) groups excluding carboxylic acids is 1. The van der Waals surface area contributed by atoms with Crippen LogP contribution < -0.4 is 9.64 Å². The van der Waals surface area contributed by atoms with Gasteiger partial charge in [-0.3, -0.25) is 20.2 Å². The number of non-ortho nitro benzene ring substituents is 1. The minimum absolute atomic E-state index is 0.0179. The highest BCUT2D eigenvalue weighted by atomic mass is 16.7. The molecule has 32 heavy (non-hydrogen) atoms. The molecule has 0 amide bonds. The smallest absolute Gasteiger partial charge is 0.338 e. The van der Waals surface area contributed by atoms with E-state index in [9.17, 15) is 25.0 Å². The second-order valence-corrected chi connectivity index (χ2v) is 7.55. The van der Waals surface area contributed by atoms with Gasteiger partial charge in [0.25, 0.3) is 11.4 Å². The molecule has 11 heteroatoms. The van der Waals surface area contributed by atoms with Gasteiger partial charge in [-0.25, -0.2) is 4.79 Å². The predicted molar refractivity (Wildman–Crippen MR) is 112 cm³/mol. The van der Waals surface area contributed by atoms with E-state index < -0.39 is 15.8 Å². The Morgan fingerprint density at radius 1 is 1.06 bits per heavy atom. The molecule has 0 atom stereocenters. The monoisotopic (exact) mass is 443 g/mol. The Morgan fingerprint density at radius 2 is 1.84 bits per heavy atom. The summed E-state index contributed by atoms with van der Waals surface area (Å²) in [5.41, 5.74) is 0.983. The molecule has 0 aliphatic carbocycles. The zero-order valence-electron chi connectivity index (χ0n) is 17.2. The van der Waals surface area contributed by atoms with Crippen molar-refractivity contribution in [1.29, 1.82) is 0 Å². The molecule has 0 bridgehead atoms. The quantitative estimate of drug-likeness (QED) is 0.372. The van der Waals surface area contributed by atoms with E-state index in [1.807, 2.05) is 4.90 Å². The fourth-order valence-electron chi connectivity index (χ4n) is 3.92. The third-order valence-electron chi connectivity index (χ3n) is 5.45. The van der Waals surface area contributed by atoms with Gasteiger partial charge < -0.3 is 19.1 Å². The van der Waals surface area contributed by atoms with Gasteiger partial charge in [0.1, 0.15) is 18.0 Å². The van der Waals surface area contributed by atoms with Crippen molar-refractivity contribution in [3.05, 3.63) is 67.3 Å². The average Bonchev–Trinajstić information content (AvgIpc) is 2.82. The van der Waals surface area contributed by atoms with Crippen LogP contribution >= 0.6 is 0 Å². The van der Waals surface area contributed by atoms with Crippen molar-refractivity contribution in [3.8, 4) is 5.75 Å². The number of nitro groups is 2. The number of ether oxygens (including phenoxy) is 3. The molecule has 2 heterocycles. The van der Waals surface area contributed by atoms with Crippen LogP contribution in [0.2, 0.25) is 0 Å². The number of nitro benzene ring substituents is 2. The van der Waals surface area contributed by atoms with Crippen molar-refractivity contribution in [1.82, 2.24) is 0 Å². The largest absolute Gasteiger partial charge is 0.467 e. The second kappa shape index (κ2) is 9.18. The maximum absolute atomic E-state index is 12.6. The number of anilines is 1. The first-order chi connectivity index (χ1) is 15.4. The van der Waals surface area contributed by atoms with Gasteiger partial charge in [0.05, 0.1) is 22.0 Å². The molecule has 11 nitrogen and oxygen atoms in total. The molecule has 2 aliphatic heterocycles. The Kier molecular flexibility index (Phi) is 6.17. The van der Waals surface area contributed by atoms with Crippen LogP contribution in [0.25, 0.3) is 0 Å². The van der Waals surface area contributed by atoms with Crippen LogP contribution in [0, 0.1) is 20.2 Å². The Hall–Kier alpha value is -3.73. The summed E-state index contributed by atoms with van der Waals surface area (Å²) in [4.78, 5) is 36.3. The zero-order chi connectivity index (χ0) is 22.7. The molecule has 168 valence electrons. The number of hydrogen-bond donors (Lipinski definition) is 0. The molecule has 2 aromatic rings. The molecule has 1 saturated heterocycles. The topological polar surface area (TPSA) is 134 Å². The maximum atomic E-state index is 12.6. The Labute approximate surface area is 182 Å². The van der Waals surface area contributed by atoms with Gasteiger partial charge in [-0.2, -0.15) is 0 Å². The Bertz CT molecular complexity index is 1070. The third-order valence-corrected chi connectivity index (χ3v) is 5.45. The highest BCUT2D eigenvalue weighted by Crippen LogP contribution is 2.34. The van der Waals surface area contributed by atoms with E-state index in [0.717, 1.165) is 32.4 Å². The van der Waals surface area contributed by atoms with Crippen LogP contribution in [0.4, 0.5) is 17.1 Å². The van der Waals surface area contributed by atoms with Crippen molar-refractivity contribution in [2.24, 2.45) is 0 Å². The van der Waals surface area contributed by atoms with Gasteiger partial charge in [0.2, 0.25) is 0 Å². The van der Waals surface area contributed by atoms with Gasteiger partial charge in [-0.1, -0.05) is 0 Å². The van der Waals surface area contributed by atoms with Crippen LogP contribution in [0.15, 0.2) is 30.3 Å². The lowest BCUT2D eigenvalue weighted by Gasteiger charge is -2.28. The number of rotatable bonds is 6. The molecule has 2 aliphatic rings. The van der Waals surface area contributed by atoms with Crippen molar-refractivity contribution in [2.75, 3.05) is 24.8 Å². The van der Waals surface area contributed by atoms with Gasteiger partial charge in [-0.15, -0.1) is 0 Å². The molecule has 0 unspecified atom stereocenters. The number of fused-ring (bicyclic) bond motifs is 1. The summed E-state index contributed by atoms with van der Waals surface area (Å²) >= 11 is 0. The molecule has 0 aromatic heterocycles. The molecule has 1 fully saturated rings. The molecule has 0 N–H and O–H groups in total. The van der Waals surface area contributed by atoms with Crippen LogP contribution in [-0.2, 0) is 22.7 Å². The first-order valence-corrected chi connectivity index (χ1v) is 10.2. The van der Waals surface area contributed by atoms with Gasteiger partial charge in [0.15, 0.2) is 6.79 Å². The molecule has 2 aromatic carbocycles. The van der Waals surface area contributed by atoms with Crippen LogP contribution in [-0.4, -0.2) is 35.7 Å². The number of nitrogens with zero attached hydrogens (tertiary/aromatic N) is 3. The minimum Gasteiger partial charge on any atom is -0.467 e. The van der Waals surface area contributed by atoms with Gasteiger partial charge in [0, 0.05) is 42.4 Å². The van der Waals surface area contributed by atoms with Gasteiger partial charge >= 0.3 is 5.97 Å². The molecule has 4 rings (SSSR count). The van der Waals surface area contributed by atoms with E-state index in [1.165, 1.54) is 24.3 Å². The SMILES string of the molecule is O=C(OCc1cc([N+](=O)[O-])cc2c1OCOC2)c1ccc(N2CCCCC2)c([N+](=O)[O-])c1. The number of esters is 1. The molecule has 0 radical (unpaired) electrons. The number of benzene rings is 2. The van der Waals surface area contributed by atoms with E-state index in [1.54, 1.807) is 6.07 Å². The number of hydrogen-bond acceptors (Lipinski definition) is 9. The molecular formula is C21H21N3O8. The molecule has 0 saturated carbocycles. The van der Waals surface area contributed by atoms with E-state index in [4.69, 9.17) is 14.2 Å². The van der Waals surface area contributed by atoms with E-state index in [-0.39, 0.29) is 36.9 Å². The molecule has 0 spiro atoms. The summed E-state index contributed by atoms with van der Waals surface area (Å²) in [6.45, 7) is 1.29. The van der Waals surface area contributed by atoms with E-state index in [0.29, 0.717) is 22.6 Å². The van der Waals surface area contributed by atoms with Crippen molar-refractivity contribution in [2.45, 2.75) is 32.5 Å². The summed E-state index contributed by atoms with van der Waals surface area (Å²) in [6.07, 6.45) is 3.01. The Balaban J connectivity index is 1.54. The minimum atomic E-state index is -0.773. The average molecular weight is 443 g/mol. The summed E-state index contributed by atoms with van der Waals surface area (Å²) in [5, 5.41) is 22.8. The highest BCUT2D eigenvalue weighted by Gasteiger charge is 2.25. The van der Waals surface area contributed by atoms with Crippen LogP contribution in [0.1, 0.15) is 40.7 Å². The summed E-state index contributed by atoms with van der Waals surface area (Å²) in [7, 11) is 0. The fraction of sp³-hybridized carbons (Fsp3) is 0.381. The lowest BCUT2D eigenvalue weighted by molar-refractivity contribution is -0.385. The summed E-state index contributed by atoms with van der Waals surface area (Å²) in [6, 6.07) is 6.89. The predicted octanol–water partition coefficient (Wildman–Crippen LogP) is 3.72. The lowest BCUT2D eigenvalue weighted by Crippen LogP contribution is -2.30. The molecular weight excluding hydrogens is 422 g/mol. The third kappa shape index (κ3) is 4.47. The second-order valence-electron chi connectivity index (χ2n) is 7.55. The van der Waals surface area contributed by atoms with Crippen LogP contribution in [0.5, 0.6) is 5.75 Å². The Morgan fingerprint density at radius 3 is 2.56 bits per heavy atom. The number of carbonyl (C=O) groups is 1.